The molecule has 0 amide bonds. The molecule has 0 radical (unpaired) electrons. The lowest BCUT2D eigenvalue weighted by Gasteiger charge is -2.03. The van der Waals surface area contributed by atoms with Gasteiger partial charge in [0.25, 0.3) is 0 Å². The van der Waals surface area contributed by atoms with E-state index in [4.69, 9.17) is 10.2 Å². The lowest BCUT2D eigenvalue weighted by atomic mass is 10.1. The van der Waals surface area contributed by atoms with Crippen molar-refractivity contribution in [1.82, 2.24) is 5.32 Å². The van der Waals surface area contributed by atoms with E-state index in [-0.39, 0.29) is 6.42 Å². The van der Waals surface area contributed by atoms with Crippen molar-refractivity contribution < 1.29 is 19.8 Å². The molecule has 0 atom stereocenters. The van der Waals surface area contributed by atoms with E-state index in [0.717, 1.165) is 18.1 Å². The number of hydrogen-bond donors (Lipinski definition) is 3. The van der Waals surface area contributed by atoms with Crippen LogP contribution in [0.3, 0.4) is 0 Å². The minimum Gasteiger partial charge on any atom is -0.481 e. The van der Waals surface area contributed by atoms with E-state index >= 15 is 0 Å². The van der Waals surface area contributed by atoms with E-state index in [2.05, 4.69) is 19.2 Å². The van der Waals surface area contributed by atoms with Crippen molar-refractivity contribution in [3.63, 3.8) is 0 Å². The van der Waals surface area contributed by atoms with Gasteiger partial charge in [0.15, 0.2) is 0 Å². The number of carbonyl (C=O) groups is 2. The smallest absolute Gasteiger partial charge is 0.304 e. The zero-order valence-corrected chi connectivity index (χ0v) is 24.8. The molecule has 0 unspecified atom stereocenters. The molecule has 3 N–H and O–H groups in total. The molecule has 0 aliphatic carbocycles. The Morgan fingerprint density at radius 2 is 0.889 bits per heavy atom. The monoisotopic (exact) mass is 531 g/mol. The van der Waals surface area contributed by atoms with Gasteiger partial charge in [0.2, 0.25) is 0 Å². The molecule has 0 heterocycles. The molecule has 5 nitrogen and oxygen atoms in total. The maximum atomic E-state index is 10.3. The normalized spacial score (nSPS) is 10.7. The van der Waals surface area contributed by atoms with Crippen molar-refractivity contribution in [2.75, 3.05) is 24.6 Å². The third-order valence-electron chi connectivity index (χ3n) is 6.33. The summed E-state index contributed by atoms with van der Waals surface area (Å²) >= 11 is 1.78. The van der Waals surface area contributed by atoms with Crippen LogP contribution in [-0.2, 0) is 9.59 Å². The molecule has 36 heavy (non-hydrogen) atoms. The van der Waals surface area contributed by atoms with E-state index in [1.165, 1.54) is 128 Å². The number of aliphatic carboxylic acids is 2. The largest absolute Gasteiger partial charge is 0.481 e. The Kier molecular flexibility index (Phi) is 35.6. The summed E-state index contributed by atoms with van der Waals surface area (Å²) in [5.74, 6) is 0.507. The Morgan fingerprint density at radius 3 is 1.31 bits per heavy atom. The van der Waals surface area contributed by atoms with Crippen molar-refractivity contribution in [3.8, 4) is 0 Å². The SMILES string of the molecule is CCCCCCCCCCCCNCCC(=O)O.CCCCCCCCCCCCSCCC(=O)O. The van der Waals surface area contributed by atoms with Gasteiger partial charge in [-0.15, -0.1) is 0 Å². The number of carboxylic acids is 2. The first kappa shape index (κ1) is 37.4. The van der Waals surface area contributed by atoms with Gasteiger partial charge in [0.1, 0.15) is 0 Å². The van der Waals surface area contributed by atoms with Crippen molar-refractivity contribution in [2.45, 2.75) is 155 Å². The molecule has 0 aliphatic heterocycles. The highest BCUT2D eigenvalue weighted by Gasteiger charge is 1.97. The zero-order valence-electron chi connectivity index (χ0n) is 24.0. The average Bonchev–Trinajstić information content (AvgIpc) is 2.85. The minimum atomic E-state index is -0.717. The number of thioether (sulfide) groups is 1. The number of hydrogen-bond acceptors (Lipinski definition) is 4. The second-order valence-corrected chi connectivity index (χ2v) is 11.2. The summed E-state index contributed by atoms with van der Waals surface area (Å²) in [5.41, 5.74) is 0. The molecular weight excluding hydrogens is 470 g/mol. The van der Waals surface area contributed by atoms with Crippen LogP contribution < -0.4 is 5.32 Å². The summed E-state index contributed by atoms with van der Waals surface area (Å²) in [6.07, 6.45) is 27.7. The molecule has 0 saturated carbocycles. The van der Waals surface area contributed by atoms with Crippen LogP contribution in [0.25, 0.3) is 0 Å². The average molecular weight is 532 g/mol. The second kappa shape index (κ2) is 34.2. The topological polar surface area (TPSA) is 86.6 Å². The summed E-state index contributed by atoms with van der Waals surface area (Å²) in [6, 6.07) is 0. The summed E-state index contributed by atoms with van der Waals surface area (Å²) in [5, 5.41) is 20.1. The van der Waals surface area contributed by atoms with Gasteiger partial charge < -0.3 is 15.5 Å². The fourth-order valence-corrected chi connectivity index (χ4v) is 4.94. The van der Waals surface area contributed by atoms with Crippen LogP contribution >= 0.6 is 11.8 Å². The van der Waals surface area contributed by atoms with Gasteiger partial charge in [-0.2, -0.15) is 11.8 Å². The lowest BCUT2D eigenvalue weighted by molar-refractivity contribution is -0.137. The lowest BCUT2D eigenvalue weighted by Crippen LogP contribution is -2.19. The predicted molar refractivity (Wildman–Crippen MR) is 158 cm³/mol. The molecule has 0 rings (SSSR count). The van der Waals surface area contributed by atoms with Crippen LogP contribution in [0.5, 0.6) is 0 Å². The molecule has 0 spiro atoms. The minimum absolute atomic E-state index is 0.234. The molecule has 0 aromatic carbocycles. The summed E-state index contributed by atoms with van der Waals surface area (Å²) in [6.45, 7) is 6.08. The molecule has 6 heteroatoms. The van der Waals surface area contributed by atoms with Crippen LogP contribution in [0.1, 0.15) is 155 Å². The summed E-state index contributed by atoms with van der Waals surface area (Å²) in [4.78, 5) is 20.5. The highest BCUT2D eigenvalue weighted by atomic mass is 32.2. The number of unbranched alkanes of at least 4 members (excludes halogenated alkanes) is 18. The Hall–Kier alpha value is -0.750. The Balaban J connectivity index is 0. The number of carboxylic acid groups (broad SMARTS) is 2. The predicted octanol–water partition coefficient (Wildman–Crippen LogP) is 9.09. The van der Waals surface area contributed by atoms with Gasteiger partial charge in [-0.05, 0) is 25.1 Å². The van der Waals surface area contributed by atoms with Crippen molar-refractivity contribution in [3.05, 3.63) is 0 Å². The first-order valence-electron chi connectivity index (χ1n) is 15.3. The summed E-state index contributed by atoms with van der Waals surface area (Å²) < 4.78 is 0. The van der Waals surface area contributed by atoms with Gasteiger partial charge in [-0.1, -0.05) is 129 Å². The fourth-order valence-electron chi connectivity index (χ4n) is 4.01. The van der Waals surface area contributed by atoms with Gasteiger partial charge in [0, 0.05) is 12.3 Å². The maximum Gasteiger partial charge on any atom is 0.304 e. The molecule has 0 bridgehead atoms. The van der Waals surface area contributed by atoms with E-state index < -0.39 is 11.9 Å². The molecule has 0 saturated heterocycles. The first-order valence-corrected chi connectivity index (χ1v) is 16.4. The van der Waals surface area contributed by atoms with E-state index in [0.29, 0.717) is 13.0 Å². The van der Waals surface area contributed by atoms with Crippen LogP contribution in [0.15, 0.2) is 0 Å². The van der Waals surface area contributed by atoms with Gasteiger partial charge in [0.05, 0.1) is 12.8 Å². The standard InChI is InChI=1S/C15H31NO2.C15H30O2S/c1-2-3-4-5-6-7-8-9-10-11-13-16-14-12-15(17)18;1-2-3-4-5-6-7-8-9-10-11-13-18-14-12-15(16)17/h16H,2-14H2,1H3,(H,17,18);2-14H2,1H3,(H,16,17). The van der Waals surface area contributed by atoms with Crippen molar-refractivity contribution in [2.24, 2.45) is 0 Å². The third kappa shape index (κ3) is 40.4. The number of nitrogens with one attached hydrogen (secondary N) is 1. The van der Waals surface area contributed by atoms with Crippen LogP contribution in [0.2, 0.25) is 0 Å². The molecular formula is C30H61NO4S. The molecule has 0 aliphatic rings. The fraction of sp³-hybridized carbons (Fsp3) is 0.933. The number of rotatable bonds is 28. The first-order chi connectivity index (χ1) is 17.5. The van der Waals surface area contributed by atoms with Crippen LogP contribution in [0, 0.1) is 0 Å². The molecule has 0 fully saturated rings. The van der Waals surface area contributed by atoms with E-state index in [1.807, 2.05) is 0 Å². The van der Waals surface area contributed by atoms with Gasteiger partial charge in [-0.25, -0.2) is 0 Å². The Bertz CT molecular complexity index is 409. The van der Waals surface area contributed by atoms with E-state index in [1.54, 1.807) is 11.8 Å². The Morgan fingerprint density at radius 1 is 0.500 bits per heavy atom. The maximum absolute atomic E-state index is 10.3. The molecule has 0 aromatic rings. The quantitative estimate of drug-likeness (QED) is 0.0873. The highest BCUT2D eigenvalue weighted by molar-refractivity contribution is 7.99. The second-order valence-electron chi connectivity index (χ2n) is 10.0. The van der Waals surface area contributed by atoms with Gasteiger partial charge in [-0.3, -0.25) is 9.59 Å². The highest BCUT2D eigenvalue weighted by Crippen LogP contribution is 2.13. The summed E-state index contributed by atoms with van der Waals surface area (Å²) in [7, 11) is 0. The van der Waals surface area contributed by atoms with Crippen molar-refractivity contribution in [1.29, 1.82) is 0 Å². The molecule has 0 aromatic heterocycles. The van der Waals surface area contributed by atoms with E-state index in [9.17, 15) is 9.59 Å². The molecule has 216 valence electrons. The Labute approximate surface area is 228 Å². The van der Waals surface area contributed by atoms with Crippen molar-refractivity contribution >= 4 is 23.7 Å². The van der Waals surface area contributed by atoms with Gasteiger partial charge >= 0.3 is 11.9 Å². The van der Waals surface area contributed by atoms with Crippen LogP contribution in [-0.4, -0.2) is 46.7 Å². The van der Waals surface area contributed by atoms with Crippen LogP contribution in [0.4, 0.5) is 0 Å². The third-order valence-corrected chi connectivity index (χ3v) is 7.40. The zero-order chi connectivity index (χ0) is 27.0.